The summed E-state index contributed by atoms with van der Waals surface area (Å²) in [6.45, 7) is -0.182. The molecule has 4 rings (SSSR count). The van der Waals surface area contributed by atoms with Crippen molar-refractivity contribution in [2.75, 3.05) is 20.8 Å². The number of hydrogen-bond acceptors (Lipinski definition) is 5. The van der Waals surface area contributed by atoms with Gasteiger partial charge in [0.05, 0.1) is 14.2 Å². The Balaban J connectivity index is 1.61. The normalized spacial score (nSPS) is 13.9. The molecule has 1 saturated carbocycles. The van der Waals surface area contributed by atoms with E-state index in [1.807, 2.05) is 30.3 Å². The van der Waals surface area contributed by atoms with Crippen molar-refractivity contribution in [2.24, 2.45) is 0 Å². The molecule has 1 aliphatic rings. The molecular formula is C31H35FN2O5. The molecule has 1 N–H and O–H groups in total. The lowest BCUT2D eigenvalue weighted by molar-refractivity contribution is -0.143. The van der Waals surface area contributed by atoms with Gasteiger partial charge in [0.25, 0.3) is 5.91 Å². The van der Waals surface area contributed by atoms with Gasteiger partial charge in [0.2, 0.25) is 5.91 Å². The maximum Gasteiger partial charge on any atom is 0.261 e. The first-order valence-electron chi connectivity index (χ1n) is 13.2. The first-order chi connectivity index (χ1) is 18.9. The quantitative estimate of drug-likeness (QED) is 0.357. The van der Waals surface area contributed by atoms with E-state index in [1.54, 1.807) is 30.3 Å². The summed E-state index contributed by atoms with van der Waals surface area (Å²) < 4.78 is 30.1. The Morgan fingerprint density at radius 3 is 2.13 bits per heavy atom. The number of nitrogens with one attached hydrogen (secondary N) is 1. The van der Waals surface area contributed by atoms with Crippen LogP contribution >= 0.6 is 0 Å². The molecule has 0 unspecified atom stereocenters. The molecule has 39 heavy (non-hydrogen) atoms. The Morgan fingerprint density at radius 1 is 0.897 bits per heavy atom. The maximum atomic E-state index is 13.8. The van der Waals surface area contributed by atoms with Gasteiger partial charge in [-0.25, -0.2) is 4.39 Å². The first kappa shape index (κ1) is 28.0. The Morgan fingerprint density at radius 2 is 1.51 bits per heavy atom. The number of rotatable bonds is 12. The third-order valence-electron chi connectivity index (χ3n) is 6.93. The number of carbonyl (C=O) groups excluding carboxylic acids is 2. The number of methoxy groups -OCH3 is 2. The average Bonchev–Trinajstić information content (AvgIpc) is 3.48. The van der Waals surface area contributed by atoms with Gasteiger partial charge < -0.3 is 24.4 Å². The Kier molecular flexibility index (Phi) is 9.78. The molecule has 3 aromatic rings. The summed E-state index contributed by atoms with van der Waals surface area (Å²) in [4.78, 5) is 29.0. The van der Waals surface area contributed by atoms with Gasteiger partial charge in [0.15, 0.2) is 6.61 Å². The van der Waals surface area contributed by atoms with Crippen molar-refractivity contribution < 1.29 is 28.2 Å². The van der Waals surface area contributed by atoms with E-state index in [2.05, 4.69) is 5.32 Å². The van der Waals surface area contributed by atoms with Crippen LogP contribution in [0.15, 0.2) is 72.8 Å². The molecule has 0 spiro atoms. The van der Waals surface area contributed by atoms with Crippen LogP contribution in [0.5, 0.6) is 17.2 Å². The molecule has 1 fully saturated rings. The molecule has 1 aliphatic carbocycles. The summed E-state index contributed by atoms with van der Waals surface area (Å²) in [5, 5.41) is 3.17. The standard InChI is InChI=1S/C31H35FN2O5/c1-37-26-17-27(38-2)19-28(18-26)39-21-30(35)34(20-23-12-14-24(32)15-13-23)29(16-22-8-4-3-5-9-22)31(36)33-25-10-6-7-11-25/h3-5,8-9,12-15,17-19,25,29H,6-7,10-11,16,20-21H2,1-2H3,(H,33,36)/t29-/m0/s1. The number of carbonyl (C=O) groups is 2. The molecule has 206 valence electrons. The van der Waals surface area contributed by atoms with Crippen LogP contribution in [0.2, 0.25) is 0 Å². The minimum absolute atomic E-state index is 0.0963. The summed E-state index contributed by atoms with van der Waals surface area (Å²) in [5.41, 5.74) is 1.64. The van der Waals surface area contributed by atoms with Crippen LogP contribution in [0.1, 0.15) is 36.8 Å². The smallest absolute Gasteiger partial charge is 0.261 e. The zero-order valence-electron chi connectivity index (χ0n) is 22.4. The highest BCUT2D eigenvalue weighted by atomic mass is 19.1. The molecule has 0 saturated heterocycles. The Labute approximate surface area is 228 Å². The fraction of sp³-hybridized carbons (Fsp3) is 0.355. The van der Waals surface area contributed by atoms with Crippen LogP contribution in [-0.2, 0) is 22.6 Å². The van der Waals surface area contributed by atoms with Gasteiger partial charge in [-0.05, 0) is 36.1 Å². The molecule has 1 atom stereocenters. The van der Waals surface area contributed by atoms with E-state index in [4.69, 9.17) is 14.2 Å². The van der Waals surface area contributed by atoms with Crippen molar-refractivity contribution in [3.8, 4) is 17.2 Å². The zero-order valence-corrected chi connectivity index (χ0v) is 22.4. The van der Waals surface area contributed by atoms with Crippen LogP contribution in [0.25, 0.3) is 0 Å². The fourth-order valence-electron chi connectivity index (χ4n) is 4.80. The number of amides is 2. The maximum absolute atomic E-state index is 13.8. The summed E-state index contributed by atoms with van der Waals surface area (Å²) in [7, 11) is 3.07. The van der Waals surface area contributed by atoms with Gasteiger partial charge in [0.1, 0.15) is 29.1 Å². The minimum Gasteiger partial charge on any atom is -0.496 e. The number of benzene rings is 3. The summed E-state index contributed by atoms with van der Waals surface area (Å²) in [5.74, 6) is 0.506. The molecular weight excluding hydrogens is 499 g/mol. The van der Waals surface area contributed by atoms with Crippen LogP contribution in [-0.4, -0.2) is 49.6 Å². The first-order valence-corrected chi connectivity index (χ1v) is 13.2. The van der Waals surface area contributed by atoms with E-state index in [1.165, 1.54) is 31.3 Å². The van der Waals surface area contributed by atoms with E-state index < -0.39 is 6.04 Å². The zero-order chi connectivity index (χ0) is 27.6. The molecule has 0 bridgehead atoms. The highest BCUT2D eigenvalue weighted by molar-refractivity contribution is 5.88. The van der Waals surface area contributed by atoms with Gasteiger partial charge in [0, 0.05) is 37.2 Å². The van der Waals surface area contributed by atoms with Crippen molar-refractivity contribution in [3.63, 3.8) is 0 Å². The number of hydrogen-bond donors (Lipinski definition) is 1. The Hall–Kier alpha value is -4.07. The molecule has 2 amide bonds. The summed E-state index contributed by atoms with van der Waals surface area (Å²) >= 11 is 0. The van der Waals surface area contributed by atoms with Crippen molar-refractivity contribution in [1.29, 1.82) is 0 Å². The van der Waals surface area contributed by atoms with Crippen molar-refractivity contribution >= 4 is 11.8 Å². The highest BCUT2D eigenvalue weighted by Crippen LogP contribution is 2.28. The van der Waals surface area contributed by atoms with E-state index in [0.29, 0.717) is 29.2 Å². The van der Waals surface area contributed by atoms with Gasteiger partial charge in [-0.3, -0.25) is 9.59 Å². The van der Waals surface area contributed by atoms with E-state index in [-0.39, 0.29) is 36.8 Å². The molecule has 0 radical (unpaired) electrons. The van der Waals surface area contributed by atoms with Crippen LogP contribution in [0.3, 0.4) is 0 Å². The van der Waals surface area contributed by atoms with E-state index in [9.17, 15) is 14.0 Å². The molecule has 7 nitrogen and oxygen atoms in total. The number of ether oxygens (including phenoxy) is 3. The van der Waals surface area contributed by atoms with Crippen LogP contribution < -0.4 is 19.5 Å². The predicted octanol–water partition coefficient (Wildman–Crippen LogP) is 4.92. The highest BCUT2D eigenvalue weighted by Gasteiger charge is 2.32. The van der Waals surface area contributed by atoms with Gasteiger partial charge in [-0.1, -0.05) is 55.3 Å². The lowest BCUT2D eigenvalue weighted by Gasteiger charge is -2.32. The van der Waals surface area contributed by atoms with Crippen LogP contribution in [0, 0.1) is 5.82 Å². The number of nitrogens with zero attached hydrogens (tertiary/aromatic N) is 1. The second kappa shape index (κ2) is 13.6. The second-order valence-electron chi connectivity index (χ2n) is 9.68. The molecule has 0 heterocycles. The molecule has 0 aromatic heterocycles. The molecule has 8 heteroatoms. The van der Waals surface area contributed by atoms with E-state index in [0.717, 1.165) is 31.2 Å². The van der Waals surface area contributed by atoms with Gasteiger partial charge in [-0.15, -0.1) is 0 Å². The third kappa shape index (κ3) is 7.96. The van der Waals surface area contributed by atoms with Crippen LogP contribution in [0.4, 0.5) is 4.39 Å². The predicted molar refractivity (Wildman–Crippen MR) is 146 cm³/mol. The minimum atomic E-state index is -0.783. The molecule has 3 aromatic carbocycles. The lowest BCUT2D eigenvalue weighted by Crippen LogP contribution is -2.53. The van der Waals surface area contributed by atoms with Gasteiger partial charge >= 0.3 is 0 Å². The molecule has 0 aliphatic heterocycles. The third-order valence-corrected chi connectivity index (χ3v) is 6.93. The van der Waals surface area contributed by atoms with Gasteiger partial charge in [-0.2, -0.15) is 0 Å². The van der Waals surface area contributed by atoms with Crippen molar-refractivity contribution in [3.05, 3.63) is 89.7 Å². The van der Waals surface area contributed by atoms with Crippen molar-refractivity contribution in [2.45, 2.75) is 50.7 Å². The monoisotopic (exact) mass is 534 g/mol. The van der Waals surface area contributed by atoms with Crippen molar-refractivity contribution in [1.82, 2.24) is 10.2 Å². The summed E-state index contributed by atoms with van der Waals surface area (Å²) in [6.07, 6.45) is 4.33. The fourth-order valence-corrected chi connectivity index (χ4v) is 4.80. The SMILES string of the molecule is COc1cc(OC)cc(OCC(=O)N(Cc2ccc(F)cc2)[C@@H](Cc2ccccc2)C(=O)NC2CCCC2)c1. The summed E-state index contributed by atoms with van der Waals surface area (Å²) in [6, 6.07) is 19.9. The topological polar surface area (TPSA) is 77.1 Å². The van der Waals surface area contributed by atoms with E-state index >= 15 is 0 Å². The lowest BCUT2D eigenvalue weighted by atomic mass is 10.0. The second-order valence-corrected chi connectivity index (χ2v) is 9.68. The average molecular weight is 535 g/mol. The number of halogens is 1. The Bertz CT molecular complexity index is 1210. The largest absolute Gasteiger partial charge is 0.496 e.